The molecule has 1 aromatic carbocycles. The molecule has 1 aliphatic carbocycles. The molecule has 7 heteroatoms. The molecule has 1 heterocycles. The molecule has 1 N–H and O–H groups in total. The van der Waals surface area contributed by atoms with Crippen LogP contribution in [0.2, 0.25) is 0 Å². The summed E-state index contributed by atoms with van der Waals surface area (Å²) in [6, 6.07) is 9.38. The number of thiazole rings is 1. The molecule has 1 saturated carbocycles. The van der Waals surface area contributed by atoms with Crippen molar-refractivity contribution in [1.29, 1.82) is 0 Å². The second kappa shape index (κ2) is 5.58. The van der Waals surface area contributed by atoms with E-state index in [0.717, 1.165) is 16.9 Å². The Balaban J connectivity index is 1.90. The highest BCUT2D eigenvalue weighted by Crippen LogP contribution is 2.64. The summed E-state index contributed by atoms with van der Waals surface area (Å²) < 4.78 is -1.04. The van der Waals surface area contributed by atoms with Crippen LogP contribution in [0.5, 0.6) is 0 Å². The van der Waals surface area contributed by atoms with Gasteiger partial charge in [-0.2, -0.15) is 0 Å². The number of benzene rings is 1. The van der Waals surface area contributed by atoms with Crippen LogP contribution >= 0.6 is 34.5 Å². The molecular weight excluding hydrogens is 355 g/mol. The summed E-state index contributed by atoms with van der Waals surface area (Å²) in [7, 11) is 0. The summed E-state index contributed by atoms with van der Waals surface area (Å²) in [5.74, 6) is -0.380. The van der Waals surface area contributed by atoms with Gasteiger partial charge < -0.3 is 5.32 Å². The highest BCUT2D eigenvalue weighted by atomic mass is 35.5. The van der Waals surface area contributed by atoms with Crippen LogP contribution < -0.4 is 5.32 Å². The Kier molecular flexibility index (Phi) is 3.99. The van der Waals surface area contributed by atoms with Gasteiger partial charge in [-0.25, -0.2) is 4.98 Å². The summed E-state index contributed by atoms with van der Waals surface area (Å²) in [5.41, 5.74) is 0.573. The standard InChI is InChI=1S/C16H14Cl2N2O2S/c1-9(21)12-11(10-6-4-3-5-7-10)19-14(23-12)20-13(22)15(2)8-16(15,17)18/h3-7H,8H2,1-2H3,(H,19,20,22)/t15-/m1/s1. The predicted octanol–water partition coefficient (Wildman–Crippen LogP) is 4.54. The third-order valence-corrected chi connectivity index (χ3v) is 6.15. The number of halogens is 2. The third kappa shape index (κ3) is 2.89. The minimum Gasteiger partial charge on any atom is -0.301 e. The quantitative estimate of drug-likeness (QED) is 0.636. The van der Waals surface area contributed by atoms with Crippen LogP contribution in [0.3, 0.4) is 0 Å². The number of alkyl halides is 2. The Morgan fingerprint density at radius 2 is 1.87 bits per heavy atom. The molecule has 1 aromatic heterocycles. The maximum absolute atomic E-state index is 12.3. The van der Waals surface area contributed by atoms with Gasteiger partial charge in [0.1, 0.15) is 4.33 Å². The van der Waals surface area contributed by atoms with Gasteiger partial charge in [-0.05, 0) is 13.3 Å². The van der Waals surface area contributed by atoms with E-state index in [1.54, 1.807) is 6.92 Å². The average molecular weight is 369 g/mol. The monoisotopic (exact) mass is 368 g/mol. The van der Waals surface area contributed by atoms with Crippen molar-refractivity contribution in [3.63, 3.8) is 0 Å². The molecule has 0 spiro atoms. The highest BCUT2D eigenvalue weighted by Gasteiger charge is 2.68. The van der Waals surface area contributed by atoms with Crippen LogP contribution in [0, 0.1) is 5.41 Å². The molecule has 1 fully saturated rings. The number of carbonyl (C=O) groups is 2. The Morgan fingerprint density at radius 1 is 1.26 bits per heavy atom. The van der Waals surface area contributed by atoms with E-state index in [0.29, 0.717) is 22.1 Å². The third-order valence-electron chi connectivity index (χ3n) is 3.97. The van der Waals surface area contributed by atoms with Crippen molar-refractivity contribution in [1.82, 2.24) is 4.98 Å². The van der Waals surface area contributed by atoms with Crippen LogP contribution in [-0.4, -0.2) is 21.0 Å². The van der Waals surface area contributed by atoms with Crippen molar-refractivity contribution in [3.8, 4) is 11.3 Å². The lowest BCUT2D eigenvalue weighted by Crippen LogP contribution is -2.25. The van der Waals surface area contributed by atoms with E-state index >= 15 is 0 Å². The molecule has 120 valence electrons. The van der Waals surface area contributed by atoms with Crippen molar-refractivity contribution >= 4 is 51.4 Å². The van der Waals surface area contributed by atoms with Crippen molar-refractivity contribution in [2.75, 3.05) is 5.32 Å². The molecule has 0 unspecified atom stereocenters. The number of anilines is 1. The summed E-state index contributed by atoms with van der Waals surface area (Å²) in [4.78, 5) is 29.1. The fourth-order valence-corrected chi connectivity index (χ4v) is 3.87. The van der Waals surface area contributed by atoms with E-state index in [2.05, 4.69) is 10.3 Å². The van der Waals surface area contributed by atoms with Gasteiger partial charge in [0.15, 0.2) is 10.9 Å². The number of hydrogen-bond acceptors (Lipinski definition) is 4. The van der Waals surface area contributed by atoms with Gasteiger partial charge in [0, 0.05) is 12.5 Å². The SMILES string of the molecule is CC(=O)c1sc(NC(=O)[C@@]2(C)CC2(Cl)Cl)nc1-c1ccccc1. The number of Topliss-reactive ketones (excluding diaryl/α,β-unsaturated/α-hetero) is 1. The van der Waals surface area contributed by atoms with E-state index in [-0.39, 0.29) is 11.7 Å². The van der Waals surface area contributed by atoms with Gasteiger partial charge in [0.05, 0.1) is 16.0 Å². The number of aromatic nitrogens is 1. The van der Waals surface area contributed by atoms with Crippen molar-refractivity contribution in [2.24, 2.45) is 5.41 Å². The van der Waals surface area contributed by atoms with Crippen molar-refractivity contribution in [3.05, 3.63) is 35.2 Å². The van der Waals surface area contributed by atoms with E-state index in [1.165, 1.54) is 6.92 Å². The fourth-order valence-electron chi connectivity index (χ4n) is 2.29. The zero-order valence-electron chi connectivity index (χ0n) is 12.5. The van der Waals surface area contributed by atoms with Gasteiger partial charge in [-0.3, -0.25) is 9.59 Å². The van der Waals surface area contributed by atoms with Crippen LogP contribution in [-0.2, 0) is 4.79 Å². The topological polar surface area (TPSA) is 59.1 Å². The number of hydrogen-bond donors (Lipinski definition) is 1. The molecular formula is C16H14Cl2N2O2S. The number of nitrogens with one attached hydrogen (secondary N) is 1. The van der Waals surface area contributed by atoms with E-state index < -0.39 is 9.75 Å². The van der Waals surface area contributed by atoms with Crippen LogP contribution in [0.25, 0.3) is 11.3 Å². The first-order valence-electron chi connectivity index (χ1n) is 7.01. The Hall–Kier alpha value is -1.43. The molecule has 4 nitrogen and oxygen atoms in total. The molecule has 2 aromatic rings. The zero-order chi connectivity index (χ0) is 16.8. The van der Waals surface area contributed by atoms with Gasteiger partial charge in [-0.1, -0.05) is 41.7 Å². The van der Waals surface area contributed by atoms with E-state index in [1.807, 2.05) is 30.3 Å². The predicted molar refractivity (Wildman–Crippen MR) is 93.3 cm³/mol. The number of ketones is 1. The molecule has 0 saturated heterocycles. The number of amides is 1. The molecule has 1 aliphatic rings. The number of rotatable bonds is 4. The van der Waals surface area contributed by atoms with Gasteiger partial charge in [0.2, 0.25) is 5.91 Å². The largest absolute Gasteiger partial charge is 0.301 e. The second-order valence-corrected chi connectivity index (χ2v) is 8.27. The number of nitrogens with zero attached hydrogens (tertiary/aromatic N) is 1. The molecule has 23 heavy (non-hydrogen) atoms. The molecule has 0 bridgehead atoms. The normalized spacial score (nSPS) is 21.7. The summed E-state index contributed by atoms with van der Waals surface area (Å²) in [6.45, 7) is 3.19. The summed E-state index contributed by atoms with van der Waals surface area (Å²) in [5, 5.41) is 3.10. The lowest BCUT2D eigenvalue weighted by molar-refractivity contribution is -0.120. The molecule has 0 radical (unpaired) electrons. The lowest BCUT2D eigenvalue weighted by Gasteiger charge is -2.10. The zero-order valence-corrected chi connectivity index (χ0v) is 14.9. The average Bonchev–Trinajstić information content (AvgIpc) is 2.85. The van der Waals surface area contributed by atoms with Crippen LogP contribution in [0.1, 0.15) is 29.9 Å². The summed E-state index contributed by atoms with van der Waals surface area (Å²) in [6.07, 6.45) is 0.394. The fraction of sp³-hybridized carbons (Fsp3) is 0.312. The van der Waals surface area contributed by atoms with Crippen LogP contribution in [0.15, 0.2) is 30.3 Å². The van der Waals surface area contributed by atoms with Gasteiger partial charge in [-0.15, -0.1) is 23.2 Å². The number of carbonyl (C=O) groups excluding carboxylic acids is 2. The van der Waals surface area contributed by atoms with Crippen molar-refractivity contribution in [2.45, 2.75) is 24.6 Å². The second-order valence-electron chi connectivity index (χ2n) is 5.79. The van der Waals surface area contributed by atoms with Gasteiger partial charge in [0.25, 0.3) is 0 Å². The van der Waals surface area contributed by atoms with Crippen molar-refractivity contribution < 1.29 is 9.59 Å². The first-order chi connectivity index (χ1) is 10.7. The Morgan fingerprint density at radius 3 is 2.39 bits per heavy atom. The van der Waals surface area contributed by atoms with E-state index in [4.69, 9.17) is 23.2 Å². The lowest BCUT2D eigenvalue weighted by atomic mass is 10.1. The molecule has 1 atom stereocenters. The first kappa shape index (κ1) is 16.4. The minimum atomic E-state index is -1.04. The minimum absolute atomic E-state index is 0.0940. The van der Waals surface area contributed by atoms with Gasteiger partial charge >= 0.3 is 0 Å². The smallest absolute Gasteiger partial charge is 0.235 e. The maximum Gasteiger partial charge on any atom is 0.235 e. The molecule has 0 aliphatic heterocycles. The summed E-state index contributed by atoms with van der Waals surface area (Å²) >= 11 is 13.2. The maximum atomic E-state index is 12.3. The highest BCUT2D eigenvalue weighted by molar-refractivity contribution is 7.18. The molecule has 3 rings (SSSR count). The van der Waals surface area contributed by atoms with E-state index in [9.17, 15) is 9.59 Å². The van der Waals surface area contributed by atoms with Crippen LogP contribution in [0.4, 0.5) is 5.13 Å². The Bertz CT molecular complexity index is 789. The Labute approximate surface area is 147 Å². The first-order valence-corrected chi connectivity index (χ1v) is 8.58. The molecule has 1 amide bonds.